The van der Waals surface area contributed by atoms with Crippen LogP contribution >= 0.6 is 0 Å². The van der Waals surface area contributed by atoms with Gasteiger partial charge in [0.25, 0.3) is 0 Å². The molecule has 1 N–H and O–H groups in total. The number of hydrogen-bond donors (Lipinski definition) is 1. The second-order valence-electron chi connectivity index (χ2n) is 5.38. The fourth-order valence-corrected chi connectivity index (χ4v) is 2.48. The molecule has 1 heterocycles. The lowest BCUT2D eigenvalue weighted by atomic mass is 10.3. The van der Waals surface area contributed by atoms with E-state index in [2.05, 4.69) is 5.32 Å². The van der Waals surface area contributed by atoms with Gasteiger partial charge < -0.3 is 24.6 Å². The number of nitrogens with zero attached hydrogens (tertiary/aromatic N) is 2. The Kier molecular flexibility index (Phi) is 6.72. The summed E-state index contributed by atoms with van der Waals surface area (Å²) in [5.74, 6) is 0.830. The number of rotatable bonds is 6. The van der Waals surface area contributed by atoms with Crippen LogP contribution in [0, 0.1) is 0 Å². The predicted molar refractivity (Wildman–Crippen MR) is 91.3 cm³/mol. The largest absolute Gasteiger partial charge is 0.494 e. The molecule has 1 aromatic carbocycles. The van der Waals surface area contributed by atoms with E-state index in [-0.39, 0.29) is 18.5 Å². The lowest BCUT2D eigenvalue weighted by Crippen LogP contribution is -2.51. The summed E-state index contributed by atoms with van der Waals surface area (Å²) in [7, 11) is 0. The number of hydrogen-bond acceptors (Lipinski definition) is 5. The molecule has 7 heteroatoms. The zero-order valence-corrected chi connectivity index (χ0v) is 14.3. The van der Waals surface area contributed by atoms with Gasteiger partial charge in [-0.1, -0.05) is 0 Å². The van der Waals surface area contributed by atoms with Crippen molar-refractivity contribution in [3.05, 3.63) is 24.3 Å². The Balaban J connectivity index is 1.74. The summed E-state index contributed by atoms with van der Waals surface area (Å²) in [6.07, 6.45) is -0.308. The molecule has 1 aliphatic rings. The van der Waals surface area contributed by atoms with Crippen LogP contribution in [0.5, 0.6) is 5.75 Å². The van der Waals surface area contributed by atoms with Crippen molar-refractivity contribution < 1.29 is 19.1 Å². The van der Waals surface area contributed by atoms with Gasteiger partial charge in [0.2, 0.25) is 5.91 Å². The van der Waals surface area contributed by atoms with Gasteiger partial charge >= 0.3 is 6.09 Å². The Hall–Kier alpha value is -2.44. The smallest absolute Gasteiger partial charge is 0.409 e. The molecular weight excluding hydrogens is 310 g/mol. The summed E-state index contributed by atoms with van der Waals surface area (Å²) in [5.41, 5.74) is 0.872. The van der Waals surface area contributed by atoms with E-state index in [1.165, 1.54) is 0 Å². The predicted octanol–water partition coefficient (Wildman–Crippen LogP) is 1.80. The third-order valence-corrected chi connectivity index (χ3v) is 3.77. The molecule has 7 nitrogen and oxygen atoms in total. The van der Waals surface area contributed by atoms with Crippen LogP contribution in [0.25, 0.3) is 0 Å². The highest BCUT2D eigenvalue weighted by atomic mass is 16.6. The number of piperazine rings is 1. The number of carbonyl (C=O) groups is 2. The topological polar surface area (TPSA) is 71.1 Å². The zero-order chi connectivity index (χ0) is 17.4. The molecule has 2 rings (SSSR count). The summed E-state index contributed by atoms with van der Waals surface area (Å²) in [6, 6.07) is 7.51. The van der Waals surface area contributed by atoms with Gasteiger partial charge in [0.15, 0.2) is 0 Å². The summed E-state index contributed by atoms with van der Waals surface area (Å²) in [5, 5.41) is 3.11. The zero-order valence-electron chi connectivity index (χ0n) is 14.3. The van der Waals surface area contributed by atoms with Gasteiger partial charge in [0, 0.05) is 31.9 Å². The van der Waals surface area contributed by atoms with Crippen molar-refractivity contribution in [1.82, 2.24) is 9.80 Å². The second-order valence-corrected chi connectivity index (χ2v) is 5.38. The Bertz CT molecular complexity index is 539. The molecule has 0 atom stereocenters. The quantitative estimate of drug-likeness (QED) is 0.858. The third-order valence-electron chi connectivity index (χ3n) is 3.77. The first kappa shape index (κ1) is 17.9. The highest BCUT2D eigenvalue weighted by Crippen LogP contribution is 2.15. The Morgan fingerprint density at radius 1 is 1.00 bits per heavy atom. The number of benzene rings is 1. The molecule has 1 saturated heterocycles. The normalized spacial score (nSPS) is 14.2. The third kappa shape index (κ3) is 5.04. The molecule has 1 fully saturated rings. The van der Waals surface area contributed by atoms with Crippen molar-refractivity contribution in [3.63, 3.8) is 0 Å². The minimum Gasteiger partial charge on any atom is -0.494 e. The highest BCUT2D eigenvalue weighted by molar-refractivity contribution is 5.81. The van der Waals surface area contributed by atoms with Gasteiger partial charge in [-0.05, 0) is 38.1 Å². The molecule has 0 unspecified atom stereocenters. The van der Waals surface area contributed by atoms with Gasteiger partial charge in [-0.2, -0.15) is 0 Å². The number of carbonyl (C=O) groups excluding carboxylic acids is 2. The van der Waals surface area contributed by atoms with Gasteiger partial charge in [-0.25, -0.2) is 4.79 Å². The van der Waals surface area contributed by atoms with Crippen LogP contribution in [-0.4, -0.2) is 67.7 Å². The summed E-state index contributed by atoms with van der Waals surface area (Å²) in [4.78, 5) is 27.3. The fourth-order valence-electron chi connectivity index (χ4n) is 2.48. The average Bonchev–Trinajstić information content (AvgIpc) is 2.61. The monoisotopic (exact) mass is 335 g/mol. The van der Waals surface area contributed by atoms with E-state index in [0.717, 1.165) is 11.4 Å². The van der Waals surface area contributed by atoms with Crippen LogP contribution in [0.15, 0.2) is 24.3 Å². The Labute approximate surface area is 142 Å². The standard InChI is InChI=1S/C17H25N3O4/c1-3-23-15-7-5-14(6-8-15)18-13-16(21)19-9-11-20(12-10-19)17(22)24-4-2/h5-8,18H,3-4,9-13H2,1-2H3. The first-order valence-corrected chi connectivity index (χ1v) is 8.30. The summed E-state index contributed by atoms with van der Waals surface area (Å²) in [6.45, 7) is 7.02. The molecule has 24 heavy (non-hydrogen) atoms. The Morgan fingerprint density at radius 2 is 1.62 bits per heavy atom. The first-order chi connectivity index (χ1) is 11.6. The van der Waals surface area contributed by atoms with Gasteiger partial charge in [-0.3, -0.25) is 4.79 Å². The molecular formula is C17H25N3O4. The van der Waals surface area contributed by atoms with Crippen LogP contribution in [0.2, 0.25) is 0 Å². The molecule has 1 aliphatic heterocycles. The first-order valence-electron chi connectivity index (χ1n) is 8.30. The van der Waals surface area contributed by atoms with Gasteiger partial charge in [0.1, 0.15) is 5.75 Å². The lowest BCUT2D eigenvalue weighted by Gasteiger charge is -2.34. The molecule has 2 amide bonds. The van der Waals surface area contributed by atoms with Crippen molar-refractivity contribution >= 4 is 17.7 Å². The molecule has 0 spiro atoms. The molecule has 0 aliphatic carbocycles. The van der Waals surface area contributed by atoms with Gasteiger partial charge in [-0.15, -0.1) is 0 Å². The maximum atomic E-state index is 12.2. The summed E-state index contributed by atoms with van der Waals surface area (Å²) < 4.78 is 10.4. The van der Waals surface area contributed by atoms with Crippen molar-refractivity contribution in [2.45, 2.75) is 13.8 Å². The number of amides is 2. The van der Waals surface area contributed by atoms with Crippen molar-refractivity contribution in [2.24, 2.45) is 0 Å². The molecule has 0 radical (unpaired) electrons. The maximum absolute atomic E-state index is 12.2. The number of nitrogens with one attached hydrogen (secondary N) is 1. The van der Waals surface area contributed by atoms with Gasteiger partial charge in [0.05, 0.1) is 19.8 Å². The number of ether oxygens (including phenoxy) is 2. The van der Waals surface area contributed by atoms with E-state index in [0.29, 0.717) is 39.4 Å². The van der Waals surface area contributed by atoms with E-state index in [9.17, 15) is 9.59 Å². The van der Waals surface area contributed by atoms with Crippen LogP contribution in [0.3, 0.4) is 0 Å². The van der Waals surface area contributed by atoms with Crippen LogP contribution < -0.4 is 10.1 Å². The molecule has 0 aromatic heterocycles. The van der Waals surface area contributed by atoms with Crippen molar-refractivity contribution in [1.29, 1.82) is 0 Å². The van der Waals surface area contributed by atoms with E-state index in [1.54, 1.807) is 16.7 Å². The van der Waals surface area contributed by atoms with E-state index in [4.69, 9.17) is 9.47 Å². The highest BCUT2D eigenvalue weighted by Gasteiger charge is 2.24. The average molecular weight is 335 g/mol. The molecule has 0 bridgehead atoms. The lowest BCUT2D eigenvalue weighted by molar-refractivity contribution is -0.130. The Morgan fingerprint density at radius 3 is 2.21 bits per heavy atom. The second kappa shape index (κ2) is 9.00. The molecule has 0 saturated carbocycles. The SMILES string of the molecule is CCOC(=O)N1CCN(C(=O)CNc2ccc(OCC)cc2)CC1. The maximum Gasteiger partial charge on any atom is 0.409 e. The summed E-state index contributed by atoms with van der Waals surface area (Å²) >= 11 is 0. The molecule has 1 aromatic rings. The minimum atomic E-state index is -0.308. The van der Waals surface area contributed by atoms with Crippen molar-refractivity contribution in [3.8, 4) is 5.75 Å². The van der Waals surface area contributed by atoms with E-state index in [1.807, 2.05) is 31.2 Å². The number of anilines is 1. The molecule has 132 valence electrons. The van der Waals surface area contributed by atoms with Crippen LogP contribution in [0.1, 0.15) is 13.8 Å². The van der Waals surface area contributed by atoms with Crippen LogP contribution in [0.4, 0.5) is 10.5 Å². The minimum absolute atomic E-state index is 0.0207. The fraction of sp³-hybridized carbons (Fsp3) is 0.529. The van der Waals surface area contributed by atoms with Crippen LogP contribution in [-0.2, 0) is 9.53 Å². The van der Waals surface area contributed by atoms with E-state index < -0.39 is 0 Å². The van der Waals surface area contributed by atoms with Crippen molar-refractivity contribution in [2.75, 3.05) is 51.3 Å². The van der Waals surface area contributed by atoms with E-state index >= 15 is 0 Å².